The van der Waals surface area contributed by atoms with E-state index in [-0.39, 0.29) is 5.91 Å². The Morgan fingerprint density at radius 1 is 1.41 bits per heavy atom. The van der Waals surface area contributed by atoms with Crippen molar-refractivity contribution in [2.75, 3.05) is 13.6 Å². The molecule has 0 aromatic rings. The van der Waals surface area contributed by atoms with E-state index < -0.39 is 0 Å². The Labute approximate surface area is 106 Å². The number of amides is 1. The Kier molecular flexibility index (Phi) is 5.44. The molecule has 0 aromatic heterocycles. The standard InChI is InChI=1S/C14H28N2O/c1-6-16(12(4)17)11(3)14(13-7-8-13)9-10(2)15-5/h10-11,13-15H,6-9H2,1-5H3. The van der Waals surface area contributed by atoms with Crippen LogP contribution in [0.15, 0.2) is 0 Å². The van der Waals surface area contributed by atoms with Crippen LogP contribution in [0, 0.1) is 11.8 Å². The van der Waals surface area contributed by atoms with Crippen LogP contribution in [0.2, 0.25) is 0 Å². The summed E-state index contributed by atoms with van der Waals surface area (Å²) < 4.78 is 0. The summed E-state index contributed by atoms with van der Waals surface area (Å²) in [4.78, 5) is 13.6. The molecule has 1 aliphatic carbocycles. The van der Waals surface area contributed by atoms with E-state index in [2.05, 4.69) is 26.1 Å². The van der Waals surface area contributed by atoms with Gasteiger partial charge in [-0.1, -0.05) is 0 Å². The molecular weight excluding hydrogens is 212 g/mol. The van der Waals surface area contributed by atoms with Gasteiger partial charge in [0.2, 0.25) is 5.91 Å². The second kappa shape index (κ2) is 6.39. The highest BCUT2D eigenvalue weighted by Gasteiger charge is 2.37. The second-order valence-corrected chi connectivity index (χ2v) is 5.47. The molecule has 1 aliphatic rings. The first-order chi connectivity index (χ1) is 8.01. The molecular formula is C14H28N2O. The van der Waals surface area contributed by atoms with Crippen LogP contribution in [0.4, 0.5) is 0 Å². The molecule has 3 unspecified atom stereocenters. The molecule has 0 heterocycles. The van der Waals surface area contributed by atoms with Gasteiger partial charge < -0.3 is 10.2 Å². The molecule has 0 bridgehead atoms. The zero-order valence-electron chi connectivity index (χ0n) is 12.0. The number of nitrogens with one attached hydrogen (secondary N) is 1. The first kappa shape index (κ1) is 14.5. The summed E-state index contributed by atoms with van der Waals surface area (Å²) in [6, 6.07) is 0.912. The first-order valence-electron chi connectivity index (χ1n) is 6.95. The van der Waals surface area contributed by atoms with Crippen molar-refractivity contribution in [1.29, 1.82) is 0 Å². The lowest BCUT2D eigenvalue weighted by atomic mass is 9.88. The van der Waals surface area contributed by atoms with Crippen molar-refractivity contribution in [3.05, 3.63) is 0 Å². The highest BCUT2D eigenvalue weighted by Crippen LogP contribution is 2.42. The van der Waals surface area contributed by atoms with E-state index in [1.54, 1.807) is 6.92 Å². The van der Waals surface area contributed by atoms with Crippen molar-refractivity contribution >= 4 is 5.91 Å². The van der Waals surface area contributed by atoms with E-state index in [9.17, 15) is 4.79 Å². The van der Waals surface area contributed by atoms with Gasteiger partial charge in [-0.2, -0.15) is 0 Å². The van der Waals surface area contributed by atoms with Crippen LogP contribution in [0.5, 0.6) is 0 Å². The molecule has 3 atom stereocenters. The van der Waals surface area contributed by atoms with Gasteiger partial charge in [0, 0.05) is 25.6 Å². The van der Waals surface area contributed by atoms with Crippen molar-refractivity contribution in [3.63, 3.8) is 0 Å². The first-order valence-corrected chi connectivity index (χ1v) is 6.95. The third-order valence-corrected chi connectivity index (χ3v) is 4.20. The highest BCUT2D eigenvalue weighted by atomic mass is 16.2. The molecule has 0 saturated heterocycles. The number of hydrogen-bond acceptors (Lipinski definition) is 2. The second-order valence-electron chi connectivity index (χ2n) is 5.47. The van der Waals surface area contributed by atoms with Gasteiger partial charge in [0.05, 0.1) is 0 Å². The maximum atomic E-state index is 11.6. The van der Waals surface area contributed by atoms with Crippen LogP contribution < -0.4 is 5.32 Å². The fourth-order valence-corrected chi connectivity index (χ4v) is 2.86. The number of rotatable bonds is 7. The Balaban J connectivity index is 2.65. The number of hydrogen-bond donors (Lipinski definition) is 1. The van der Waals surface area contributed by atoms with Gasteiger partial charge >= 0.3 is 0 Å². The Morgan fingerprint density at radius 2 is 2.00 bits per heavy atom. The lowest BCUT2D eigenvalue weighted by molar-refractivity contribution is -0.131. The monoisotopic (exact) mass is 240 g/mol. The summed E-state index contributed by atoms with van der Waals surface area (Å²) >= 11 is 0. The van der Waals surface area contributed by atoms with Crippen molar-refractivity contribution in [1.82, 2.24) is 10.2 Å². The zero-order valence-corrected chi connectivity index (χ0v) is 12.0. The summed E-state index contributed by atoms with van der Waals surface area (Å²) in [7, 11) is 2.02. The third kappa shape index (κ3) is 3.98. The minimum atomic E-state index is 0.211. The molecule has 0 aliphatic heterocycles. The number of carbonyl (C=O) groups excluding carboxylic acids is 1. The SMILES string of the molecule is CCN(C(C)=O)C(C)C(CC(C)NC)C1CC1. The predicted molar refractivity (Wildman–Crippen MR) is 71.9 cm³/mol. The van der Waals surface area contributed by atoms with Gasteiger partial charge in [-0.05, 0) is 58.9 Å². The maximum absolute atomic E-state index is 11.6. The average molecular weight is 240 g/mol. The topological polar surface area (TPSA) is 32.3 Å². The van der Waals surface area contributed by atoms with Gasteiger partial charge in [-0.3, -0.25) is 4.79 Å². The van der Waals surface area contributed by atoms with E-state index >= 15 is 0 Å². The smallest absolute Gasteiger partial charge is 0.219 e. The van der Waals surface area contributed by atoms with Crippen LogP contribution in [0.3, 0.4) is 0 Å². The molecule has 1 N–H and O–H groups in total. The quantitative estimate of drug-likeness (QED) is 0.740. The minimum Gasteiger partial charge on any atom is -0.340 e. The van der Waals surface area contributed by atoms with E-state index in [0.29, 0.717) is 18.0 Å². The molecule has 0 aromatic carbocycles. The van der Waals surface area contributed by atoms with Crippen LogP contribution in [0.1, 0.15) is 47.0 Å². The Morgan fingerprint density at radius 3 is 2.35 bits per heavy atom. The van der Waals surface area contributed by atoms with Crippen LogP contribution >= 0.6 is 0 Å². The van der Waals surface area contributed by atoms with E-state index in [1.165, 1.54) is 19.3 Å². The van der Waals surface area contributed by atoms with E-state index in [1.807, 2.05) is 11.9 Å². The molecule has 1 rings (SSSR count). The normalized spacial score (nSPS) is 20.8. The minimum absolute atomic E-state index is 0.211. The fraction of sp³-hybridized carbons (Fsp3) is 0.929. The van der Waals surface area contributed by atoms with Crippen molar-refractivity contribution < 1.29 is 4.79 Å². The molecule has 1 fully saturated rings. The third-order valence-electron chi connectivity index (χ3n) is 4.20. The summed E-state index contributed by atoms with van der Waals surface area (Å²) in [6.07, 6.45) is 3.87. The van der Waals surface area contributed by atoms with Gasteiger partial charge in [0.25, 0.3) is 0 Å². The Hall–Kier alpha value is -0.570. The number of carbonyl (C=O) groups is 1. The van der Waals surface area contributed by atoms with E-state index in [4.69, 9.17) is 0 Å². The largest absolute Gasteiger partial charge is 0.340 e. The lowest BCUT2D eigenvalue weighted by Crippen LogP contribution is -2.44. The molecule has 1 saturated carbocycles. The lowest BCUT2D eigenvalue weighted by Gasteiger charge is -2.35. The molecule has 17 heavy (non-hydrogen) atoms. The summed E-state index contributed by atoms with van der Waals surface area (Å²) in [5.74, 6) is 1.71. The Bertz CT molecular complexity index is 251. The maximum Gasteiger partial charge on any atom is 0.219 e. The van der Waals surface area contributed by atoms with Crippen molar-refractivity contribution in [2.45, 2.75) is 59.0 Å². The highest BCUT2D eigenvalue weighted by molar-refractivity contribution is 5.73. The number of nitrogens with zero attached hydrogens (tertiary/aromatic N) is 1. The molecule has 3 nitrogen and oxygen atoms in total. The predicted octanol–water partition coefficient (Wildman–Crippen LogP) is 2.27. The average Bonchev–Trinajstić information content (AvgIpc) is 3.09. The van der Waals surface area contributed by atoms with Gasteiger partial charge in [-0.15, -0.1) is 0 Å². The van der Waals surface area contributed by atoms with Crippen LogP contribution in [-0.2, 0) is 4.79 Å². The molecule has 0 radical (unpaired) electrons. The zero-order chi connectivity index (χ0) is 13.0. The van der Waals surface area contributed by atoms with Gasteiger partial charge in [0.1, 0.15) is 0 Å². The molecule has 1 amide bonds. The molecule has 0 spiro atoms. The summed E-state index contributed by atoms with van der Waals surface area (Å²) in [5.41, 5.74) is 0. The van der Waals surface area contributed by atoms with Crippen molar-refractivity contribution in [2.24, 2.45) is 11.8 Å². The van der Waals surface area contributed by atoms with Gasteiger partial charge in [-0.25, -0.2) is 0 Å². The molecule has 100 valence electrons. The van der Waals surface area contributed by atoms with Crippen LogP contribution in [-0.4, -0.2) is 36.5 Å². The summed E-state index contributed by atoms with van der Waals surface area (Å²) in [5, 5.41) is 3.32. The molecule has 3 heteroatoms. The van der Waals surface area contributed by atoms with E-state index in [0.717, 1.165) is 12.5 Å². The summed E-state index contributed by atoms with van der Waals surface area (Å²) in [6.45, 7) is 9.03. The van der Waals surface area contributed by atoms with Crippen LogP contribution in [0.25, 0.3) is 0 Å². The fourth-order valence-electron chi connectivity index (χ4n) is 2.86. The van der Waals surface area contributed by atoms with Gasteiger partial charge in [0.15, 0.2) is 0 Å². The van der Waals surface area contributed by atoms with Crippen molar-refractivity contribution in [3.8, 4) is 0 Å².